The molecule has 0 bridgehead atoms. The Bertz CT molecular complexity index is 112. The smallest absolute Gasteiger partial charge is 0.00732 e. The van der Waals surface area contributed by atoms with Crippen LogP contribution < -0.4 is 11.1 Å². The maximum Gasteiger partial charge on any atom is 0.00732 e. The summed E-state index contributed by atoms with van der Waals surface area (Å²) in [5.74, 6) is 1.54. The highest BCUT2D eigenvalue weighted by atomic mass is 15.0. The fourth-order valence-corrected chi connectivity index (χ4v) is 1.83. The van der Waals surface area contributed by atoms with E-state index in [0.29, 0.717) is 0 Å². The van der Waals surface area contributed by atoms with Gasteiger partial charge in [0.15, 0.2) is 0 Å². The van der Waals surface area contributed by atoms with Crippen molar-refractivity contribution >= 4 is 0 Å². The van der Waals surface area contributed by atoms with Crippen molar-refractivity contribution < 1.29 is 0 Å². The van der Waals surface area contributed by atoms with Crippen molar-refractivity contribution in [2.75, 3.05) is 13.1 Å². The van der Waals surface area contributed by atoms with Crippen molar-refractivity contribution in [2.45, 2.75) is 32.7 Å². The summed E-state index contributed by atoms with van der Waals surface area (Å²) in [4.78, 5) is 0. The third kappa shape index (κ3) is 2.80. The van der Waals surface area contributed by atoms with Crippen LogP contribution in [0.1, 0.15) is 26.7 Å². The normalized spacial score (nSPS) is 31.6. The zero-order chi connectivity index (χ0) is 8.27. The molecule has 2 atom stereocenters. The van der Waals surface area contributed by atoms with Crippen LogP contribution in [0.5, 0.6) is 0 Å². The molecule has 0 aromatic carbocycles. The quantitative estimate of drug-likeness (QED) is 0.639. The van der Waals surface area contributed by atoms with E-state index < -0.39 is 0 Å². The van der Waals surface area contributed by atoms with Crippen LogP contribution in [0.3, 0.4) is 0 Å². The molecule has 0 saturated carbocycles. The summed E-state index contributed by atoms with van der Waals surface area (Å²) in [6.45, 7) is 6.53. The highest BCUT2D eigenvalue weighted by Crippen LogP contribution is 2.18. The van der Waals surface area contributed by atoms with E-state index in [1.165, 1.54) is 12.8 Å². The predicted octanol–water partition coefficient (Wildman–Crippen LogP) is 0.969. The van der Waals surface area contributed by atoms with Crippen molar-refractivity contribution in [3.05, 3.63) is 0 Å². The van der Waals surface area contributed by atoms with Gasteiger partial charge in [0.05, 0.1) is 0 Å². The lowest BCUT2D eigenvalue weighted by atomic mass is 9.99. The highest BCUT2D eigenvalue weighted by molar-refractivity contribution is 4.82. The van der Waals surface area contributed by atoms with Crippen LogP contribution in [0.15, 0.2) is 0 Å². The van der Waals surface area contributed by atoms with Crippen LogP contribution in [-0.2, 0) is 0 Å². The van der Waals surface area contributed by atoms with Crippen LogP contribution in [0.25, 0.3) is 0 Å². The zero-order valence-electron chi connectivity index (χ0n) is 7.64. The van der Waals surface area contributed by atoms with Crippen LogP contribution in [0, 0.1) is 11.8 Å². The van der Waals surface area contributed by atoms with Gasteiger partial charge in [0.25, 0.3) is 0 Å². The Labute approximate surface area is 69.5 Å². The van der Waals surface area contributed by atoms with E-state index in [2.05, 4.69) is 19.2 Å². The molecule has 1 saturated heterocycles. The summed E-state index contributed by atoms with van der Waals surface area (Å²) in [5, 5.41) is 3.51. The first-order valence-electron chi connectivity index (χ1n) is 4.65. The van der Waals surface area contributed by atoms with Gasteiger partial charge in [-0.05, 0) is 37.8 Å². The van der Waals surface area contributed by atoms with Gasteiger partial charge in [0.1, 0.15) is 0 Å². The third-order valence-electron chi connectivity index (χ3n) is 2.40. The van der Waals surface area contributed by atoms with Crippen LogP contribution in [-0.4, -0.2) is 19.1 Å². The largest absolute Gasteiger partial charge is 0.330 e. The molecule has 1 aliphatic rings. The molecule has 1 heterocycles. The number of hydrogen-bond donors (Lipinski definition) is 2. The fourth-order valence-electron chi connectivity index (χ4n) is 1.83. The molecule has 11 heavy (non-hydrogen) atoms. The molecule has 0 unspecified atom stereocenters. The van der Waals surface area contributed by atoms with Crippen LogP contribution in [0.2, 0.25) is 0 Å². The van der Waals surface area contributed by atoms with E-state index in [-0.39, 0.29) is 0 Å². The predicted molar refractivity (Wildman–Crippen MR) is 48.4 cm³/mol. The van der Waals surface area contributed by atoms with Crippen LogP contribution >= 0.6 is 0 Å². The molecule has 66 valence electrons. The average Bonchev–Trinajstić information content (AvgIpc) is 2.34. The highest BCUT2D eigenvalue weighted by Gasteiger charge is 2.22. The van der Waals surface area contributed by atoms with Gasteiger partial charge in [-0.2, -0.15) is 0 Å². The Hall–Kier alpha value is -0.0800. The molecule has 0 aromatic heterocycles. The van der Waals surface area contributed by atoms with E-state index in [0.717, 1.165) is 31.0 Å². The summed E-state index contributed by atoms with van der Waals surface area (Å²) in [6, 6.07) is 0.739. The minimum atomic E-state index is 0.735. The number of nitrogens with one attached hydrogen (secondary N) is 1. The van der Waals surface area contributed by atoms with E-state index >= 15 is 0 Å². The molecule has 1 aliphatic heterocycles. The van der Waals surface area contributed by atoms with E-state index in [1.807, 2.05) is 0 Å². The van der Waals surface area contributed by atoms with Gasteiger partial charge < -0.3 is 11.1 Å². The first-order chi connectivity index (χ1) is 5.22. The Morgan fingerprint density at radius 1 is 1.55 bits per heavy atom. The fraction of sp³-hybridized carbons (Fsp3) is 1.00. The van der Waals surface area contributed by atoms with Crippen molar-refractivity contribution in [2.24, 2.45) is 17.6 Å². The van der Waals surface area contributed by atoms with Crippen molar-refractivity contribution in [1.82, 2.24) is 5.32 Å². The van der Waals surface area contributed by atoms with Crippen molar-refractivity contribution in [3.63, 3.8) is 0 Å². The average molecular weight is 156 g/mol. The minimum absolute atomic E-state index is 0.735. The molecule has 0 radical (unpaired) electrons. The van der Waals surface area contributed by atoms with Crippen LogP contribution in [0.4, 0.5) is 0 Å². The monoisotopic (exact) mass is 156 g/mol. The van der Waals surface area contributed by atoms with Gasteiger partial charge in [-0.15, -0.1) is 0 Å². The molecule has 1 fully saturated rings. The molecule has 2 nitrogen and oxygen atoms in total. The topological polar surface area (TPSA) is 38.0 Å². The van der Waals surface area contributed by atoms with Gasteiger partial charge in [-0.3, -0.25) is 0 Å². The minimum Gasteiger partial charge on any atom is -0.330 e. The zero-order valence-corrected chi connectivity index (χ0v) is 7.64. The first kappa shape index (κ1) is 9.01. The molecule has 2 heteroatoms. The van der Waals surface area contributed by atoms with E-state index in [9.17, 15) is 0 Å². The maximum absolute atomic E-state index is 5.59. The molecule has 0 aromatic rings. The Morgan fingerprint density at radius 2 is 2.27 bits per heavy atom. The molecule has 0 aliphatic carbocycles. The van der Waals surface area contributed by atoms with Gasteiger partial charge in [0, 0.05) is 6.04 Å². The van der Waals surface area contributed by atoms with Crippen molar-refractivity contribution in [1.29, 1.82) is 0 Å². The first-order valence-corrected chi connectivity index (χ1v) is 4.65. The summed E-state index contributed by atoms with van der Waals surface area (Å²) in [5.41, 5.74) is 5.59. The second kappa shape index (κ2) is 4.07. The summed E-state index contributed by atoms with van der Waals surface area (Å²) < 4.78 is 0. The van der Waals surface area contributed by atoms with E-state index in [4.69, 9.17) is 5.73 Å². The third-order valence-corrected chi connectivity index (χ3v) is 2.40. The Balaban J connectivity index is 2.19. The van der Waals surface area contributed by atoms with Gasteiger partial charge in [-0.25, -0.2) is 0 Å². The maximum atomic E-state index is 5.59. The second-order valence-corrected chi connectivity index (χ2v) is 4.07. The SMILES string of the molecule is CC(C)C[C@H]1C[C@@H](CN)CN1. The number of hydrogen-bond acceptors (Lipinski definition) is 2. The second-order valence-electron chi connectivity index (χ2n) is 4.07. The molecule has 0 amide bonds. The standard InChI is InChI=1S/C9H20N2/c1-7(2)3-9-4-8(5-10)6-11-9/h7-9,11H,3-6,10H2,1-2H3/t8-,9-/m0/s1. The van der Waals surface area contributed by atoms with E-state index in [1.54, 1.807) is 0 Å². The molecular formula is C9H20N2. The van der Waals surface area contributed by atoms with Gasteiger partial charge in [-0.1, -0.05) is 13.8 Å². The summed E-state index contributed by atoms with van der Waals surface area (Å²) in [7, 11) is 0. The molecular weight excluding hydrogens is 136 g/mol. The van der Waals surface area contributed by atoms with Gasteiger partial charge >= 0.3 is 0 Å². The van der Waals surface area contributed by atoms with Crippen molar-refractivity contribution in [3.8, 4) is 0 Å². The lowest BCUT2D eigenvalue weighted by molar-refractivity contribution is 0.454. The van der Waals surface area contributed by atoms with Gasteiger partial charge in [0.2, 0.25) is 0 Å². The molecule has 0 spiro atoms. The summed E-state index contributed by atoms with van der Waals surface area (Å²) in [6.07, 6.45) is 2.59. The lowest BCUT2D eigenvalue weighted by Gasteiger charge is -2.12. The number of rotatable bonds is 3. The molecule has 3 N–H and O–H groups in total. The lowest BCUT2D eigenvalue weighted by Crippen LogP contribution is -2.23. The number of nitrogens with two attached hydrogens (primary N) is 1. The molecule has 1 rings (SSSR count). The summed E-state index contributed by atoms with van der Waals surface area (Å²) >= 11 is 0. The Morgan fingerprint density at radius 3 is 2.73 bits per heavy atom. The Kier molecular flexibility index (Phi) is 3.34.